The summed E-state index contributed by atoms with van der Waals surface area (Å²) in [6.45, 7) is 1.19. The second-order valence-corrected chi connectivity index (χ2v) is 5.57. The number of benzene rings is 1. The Morgan fingerprint density at radius 1 is 1.38 bits per heavy atom. The van der Waals surface area contributed by atoms with Gasteiger partial charge in [0, 0.05) is 17.6 Å². The van der Waals surface area contributed by atoms with E-state index < -0.39 is 5.97 Å². The first-order valence-electron chi connectivity index (χ1n) is 6.78. The molecule has 0 unspecified atom stereocenters. The molecule has 0 saturated heterocycles. The van der Waals surface area contributed by atoms with Crippen LogP contribution in [0.3, 0.4) is 0 Å². The molecule has 0 atom stereocenters. The third-order valence-corrected chi connectivity index (χ3v) is 3.87. The Morgan fingerprint density at radius 2 is 2.14 bits per heavy atom. The number of hydrogen-bond acceptors (Lipinski definition) is 4. The number of halogens is 1. The monoisotopic (exact) mass is 306 g/mol. The molecule has 1 heterocycles. The SMILES string of the molecule is O=C(O)c1coc(CN(Cc2ccccc2Cl)C2CC2)n1. The van der Waals surface area contributed by atoms with Crippen LogP contribution < -0.4 is 0 Å². The minimum atomic E-state index is -1.07. The maximum absolute atomic E-state index is 10.8. The van der Waals surface area contributed by atoms with E-state index in [0.29, 0.717) is 25.0 Å². The topological polar surface area (TPSA) is 66.6 Å². The van der Waals surface area contributed by atoms with E-state index in [1.54, 1.807) is 0 Å². The van der Waals surface area contributed by atoms with E-state index in [-0.39, 0.29) is 5.69 Å². The molecule has 1 fully saturated rings. The van der Waals surface area contributed by atoms with Crippen molar-refractivity contribution >= 4 is 17.6 Å². The van der Waals surface area contributed by atoms with Gasteiger partial charge in [-0.1, -0.05) is 29.8 Å². The lowest BCUT2D eigenvalue weighted by atomic mass is 10.2. The van der Waals surface area contributed by atoms with E-state index in [1.165, 1.54) is 6.26 Å². The summed E-state index contributed by atoms with van der Waals surface area (Å²) >= 11 is 6.20. The van der Waals surface area contributed by atoms with Gasteiger partial charge in [0.1, 0.15) is 6.26 Å². The van der Waals surface area contributed by atoms with Gasteiger partial charge >= 0.3 is 5.97 Å². The van der Waals surface area contributed by atoms with Crippen LogP contribution in [-0.4, -0.2) is 27.0 Å². The zero-order valence-corrected chi connectivity index (χ0v) is 12.1. The number of nitrogens with zero attached hydrogens (tertiary/aromatic N) is 2. The van der Waals surface area contributed by atoms with Crippen molar-refractivity contribution in [2.75, 3.05) is 0 Å². The summed E-state index contributed by atoms with van der Waals surface area (Å²) in [6.07, 6.45) is 3.45. The summed E-state index contributed by atoms with van der Waals surface area (Å²) in [6, 6.07) is 8.22. The summed E-state index contributed by atoms with van der Waals surface area (Å²) in [5, 5.41) is 9.61. The standard InChI is InChI=1S/C15H15ClN2O3/c16-12-4-2-1-3-10(12)7-18(11-5-6-11)8-14-17-13(9-21-14)15(19)20/h1-4,9,11H,5-8H2,(H,19,20). The maximum Gasteiger partial charge on any atom is 0.357 e. The minimum absolute atomic E-state index is 0.0570. The van der Waals surface area contributed by atoms with Gasteiger partial charge in [-0.25, -0.2) is 9.78 Å². The molecule has 1 saturated carbocycles. The summed E-state index contributed by atoms with van der Waals surface area (Å²) < 4.78 is 5.24. The molecule has 6 heteroatoms. The maximum atomic E-state index is 10.8. The second-order valence-electron chi connectivity index (χ2n) is 5.16. The van der Waals surface area contributed by atoms with Gasteiger partial charge < -0.3 is 9.52 Å². The molecular formula is C15H15ClN2O3. The summed E-state index contributed by atoms with van der Waals surface area (Å²) in [5.41, 5.74) is 0.995. The van der Waals surface area contributed by atoms with Gasteiger partial charge in [0.05, 0.1) is 6.54 Å². The van der Waals surface area contributed by atoms with Crippen LogP contribution in [0.5, 0.6) is 0 Å². The van der Waals surface area contributed by atoms with E-state index in [0.717, 1.165) is 23.4 Å². The molecule has 1 aliphatic rings. The molecule has 5 nitrogen and oxygen atoms in total. The number of hydrogen-bond donors (Lipinski definition) is 1. The molecule has 0 bridgehead atoms. The summed E-state index contributed by atoms with van der Waals surface area (Å²) in [7, 11) is 0. The fourth-order valence-corrected chi connectivity index (χ4v) is 2.45. The number of rotatable bonds is 6. The van der Waals surface area contributed by atoms with Crippen LogP contribution in [0.25, 0.3) is 0 Å². The molecule has 1 aliphatic carbocycles. The van der Waals surface area contributed by atoms with Crippen molar-refractivity contribution in [2.24, 2.45) is 0 Å². The fourth-order valence-electron chi connectivity index (χ4n) is 2.25. The molecule has 3 rings (SSSR count). The zero-order valence-electron chi connectivity index (χ0n) is 11.3. The van der Waals surface area contributed by atoms with Gasteiger partial charge in [-0.15, -0.1) is 0 Å². The molecule has 1 aromatic carbocycles. The molecule has 0 radical (unpaired) electrons. The van der Waals surface area contributed by atoms with E-state index >= 15 is 0 Å². The molecule has 0 aliphatic heterocycles. The third-order valence-electron chi connectivity index (χ3n) is 3.50. The average Bonchev–Trinajstić information content (AvgIpc) is 3.20. The lowest BCUT2D eigenvalue weighted by Crippen LogP contribution is -2.25. The van der Waals surface area contributed by atoms with Gasteiger partial charge in [-0.3, -0.25) is 4.90 Å². The Hall–Kier alpha value is -1.85. The van der Waals surface area contributed by atoms with Crippen LogP contribution >= 0.6 is 11.6 Å². The van der Waals surface area contributed by atoms with Crippen molar-refractivity contribution < 1.29 is 14.3 Å². The zero-order chi connectivity index (χ0) is 14.8. The molecule has 0 spiro atoms. The first-order chi connectivity index (χ1) is 10.1. The number of oxazole rings is 1. The summed E-state index contributed by atoms with van der Waals surface area (Å²) in [4.78, 5) is 17.0. The number of carboxylic acids is 1. The van der Waals surface area contributed by atoms with Crippen LogP contribution in [0.1, 0.15) is 34.8 Å². The van der Waals surface area contributed by atoms with Crippen molar-refractivity contribution in [3.8, 4) is 0 Å². The van der Waals surface area contributed by atoms with Crippen molar-refractivity contribution in [3.05, 3.63) is 52.7 Å². The first-order valence-corrected chi connectivity index (χ1v) is 7.16. The normalized spacial score (nSPS) is 14.6. The highest BCUT2D eigenvalue weighted by Gasteiger charge is 2.30. The predicted molar refractivity (Wildman–Crippen MR) is 77.2 cm³/mol. The highest BCUT2D eigenvalue weighted by molar-refractivity contribution is 6.31. The quantitative estimate of drug-likeness (QED) is 0.887. The Morgan fingerprint density at radius 3 is 2.76 bits per heavy atom. The molecule has 2 aromatic rings. The molecule has 1 aromatic heterocycles. The smallest absolute Gasteiger partial charge is 0.357 e. The number of aromatic carboxylic acids is 1. The number of carboxylic acid groups (broad SMARTS) is 1. The molecule has 1 N–H and O–H groups in total. The fraction of sp³-hybridized carbons (Fsp3) is 0.333. The molecular weight excluding hydrogens is 292 g/mol. The minimum Gasteiger partial charge on any atom is -0.476 e. The Balaban J connectivity index is 1.73. The van der Waals surface area contributed by atoms with E-state index in [4.69, 9.17) is 21.1 Å². The van der Waals surface area contributed by atoms with Crippen LogP contribution in [0, 0.1) is 0 Å². The first kappa shape index (κ1) is 14.1. The average molecular weight is 307 g/mol. The highest BCUT2D eigenvalue weighted by Crippen LogP contribution is 2.31. The third kappa shape index (κ3) is 3.43. The van der Waals surface area contributed by atoms with E-state index in [9.17, 15) is 4.79 Å². The van der Waals surface area contributed by atoms with Crippen LogP contribution in [0.4, 0.5) is 0 Å². The van der Waals surface area contributed by atoms with Crippen molar-refractivity contribution in [1.82, 2.24) is 9.88 Å². The van der Waals surface area contributed by atoms with Crippen LogP contribution in [-0.2, 0) is 13.1 Å². The van der Waals surface area contributed by atoms with Crippen molar-refractivity contribution in [2.45, 2.75) is 32.0 Å². The molecule has 21 heavy (non-hydrogen) atoms. The van der Waals surface area contributed by atoms with Gasteiger partial charge in [-0.2, -0.15) is 0 Å². The Bertz CT molecular complexity index is 652. The summed E-state index contributed by atoms with van der Waals surface area (Å²) in [5.74, 6) is -0.652. The number of aromatic nitrogens is 1. The van der Waals surface area contributed by atoms with Gasteiger partial charge in [0.15, 0.2) is 5.69 Å². The van der Waals surface area contributed by atoms with E-state index in [1.807, 2.05) is 24.3 Å². The Labute approximate surface area is 127 Å². The number of carbonyl (C=O) groups is 1. The van der Waals surface area contributed by atoms with E-state index in [2.05, 4.69) is 9.88 Å². The van der Waals surface area contributed by atoms with Gasteiger partial charge in [0.2, 0.25) is 5.89 Å². The van der Waals surface area contributed by atoms with Gasteiger partial charge in [0.25, 0.3) is 0 Å². The second kappa shape index (κ2) is 5.87. The van der Waals surface area contributed by atoms with Crippen LogP contribution in [0.2, 0.25) is 5.02 Å². The van der Waals surface area contributed by atoms with Gasteiger partial charge in [-0.05, 0) is 24.5 Å². The lowest BCUT2D eigenvalue weighted by molar-refractivity contribution is 0.0690. The van der Waals surface area contributed by atoms with Crippen molar-refractivity contribution in [3.63, 3.8) is 0 Å². The largest absolute Gasteiger partial charge is 0.476 e. The Kier molecular flexibility index (Phi) is 3.94. The lowest BCUT2D eigenvalue weighted by Gasteiger charge is -2.20. The predicted octanol–water partition coefficient (Wildman–Crippen LogP) is 3.19. The van der Waals surface area contributed by atoms with Crippen LogP contribution in [0.15, 0.2) is 34.9 Å². The molecule has 0 amide bonds. The molecule has 110 valence electrons. The van der Waals surface area contributed by atoms with Crippen molar-refractivity contribution in [1.29, 1.82) is 0 Å². The highest BCUT2D eigenvalue weighted by atomic mass is 35.5.